The number of rotatable bonds is 38. The molecule has 2 atom stereocenters. The predicted octanol–water partition coefficient (Wildman–Crippen LogP) is 9.98. The van der Waals surface area contributed by atoms with Crippen LogP contribution in [0.3, 0.4) is 0 Å². The molecule has 0 rings (SSSR count). The van der Waals surface area contributed by atoms with Crippen LogP contribution >= 0.6 is 0 Å². The molecule has 0 bridgehead atoms. The van der Waals surface area contributed by atoms with Crippen molar-refractivity contribution in [2.75, 3.05) is 32.9 Å². The van der Waals surface area contributed by atoms with Crippen molar-refractivity contribution >= 4 is 18.1 Å². The summed E-state index contributed by atoms with van der Waals surface area (Å²) in [6, 6.07) is -0.915. The van der Waals surface area contributed by atoms with E-state index in [0.717, 1.165) is 25.7 Å². The van der Waals surface area contributed by atoms with Gasteiger partial charge in [-0.2, -0.15) is 0 Å². The van der Waals surface area contributed by atoms with Crippen molar-refractivity contribution in [1.29, 1.82) is 0 Å². The van der Waals surface area contributed by atoms with Gasteiger partial charge in [-0.05, 0) is 32.1 Å². The topological polar surface area (TPSA) is 146 Å². The zero-order chi connectivity index (χ0) is 36.0. The van der Waals surface area contributed by atoms with Gasteiger partial charge >= 0.3 is 12.2 Å². The highest BCUT2D eigenvalue weighted by Gasteiger charge is 2.21. The number of nitrogens with one attached hydrogen (secondary N) is 3. The zero-order valence-corrected chi connectivity index (χ0v) is 31.7. The summed E-state index contributed by atoms with van der Waals surface area (Å²) in [5.74, 6) is -0.409. The minimum atomic E-state index is -1.27. The molecule has 3 amide bonds. The molecule has 0 radical (unpaired) electrons. The summed E-state index contributed by atoms with van der Waals surface area (Å²) in [6.07, 6.45) is 29.4. The lowest BCUT2D eigenvalue weighted by molar-refractivity contribution is -0.124. The first-order valence-corrected chi connectivity index (χ1v) is 20.3. The van der Waals surface area contributed by atoms with Crippen LogP contribution in [0.25, 0.3) is 0 Å². The van der Waals surface area contributed by atoms with Crippen molar-refractivity contribution in [3.05, 3.63) is 0 Å². The SMILES string of the molecule is CCCCCCCCCCCCCCOCC(CNC(=O)C(CCCCNC(=O)O)NC(=O)O)OCCCCCCCCCCCCCC. The maximum Gasteiger partial charge on any atom is 0.405 e. The molecule has 0 aromatic rings. The standard InChI is InChI=1S/C39H77N3O7/c1-3-5-7-9-11-13-15-17-19-21-23-27-31-48-34-35(49-32-28-24-22-20-18-16-14-12-10-8-6-4-2)33-41-37(43)36(42-39(46)47)29-25-26-30-40-38(44)45/h35-36,40,42H,3-34H2,1-2H3,(H,41,43)(H,44,45)(H,46,47). The second-order valence-electron chi connectivity index (χ2n) is 13.8. The number of unbranched alkanes of at least 4 members (excludes halogenated alkanes) is 23. The van der Waals surface area contributed by atoms with Gasteiger partial charge in [0.25, 0.3) is 0 Å². The normalized spacial score (nSPS) is 12.4. The molecule has 5 N–H and O–H groups in total. The Morgan fingerprint density at radius 1 is 0.531 bits per heavy atom. The van der Waals surface area contributed by atoms with Gasteiger partial charge in [0.1, 0.15) is 6.04 Å². The largest absolute Gasteiger partial charge is 0.465 e. The van der Waals surface area contributed by atoms with Crippen molar-refractivity contribution in [3.63, 3.8) is 0 Å². The van der Waals surface area contributed by atoms with Crippen LogP contribution in [-0.2, 0) is 14.3 Å². The molecule has 0 spiro atoms. The van der Waals surface area contributed by atoms with Crippen LogP contribution in [0, 0.1) is 0 Å². The molecular weight excluding hydrogens is 622 g/mol. The third-order valence-electron chi connectivity index (χ3n) is 9.11. The molecule has 10 nitrogen and oxygen atoms in total. The van der Waals surface area contributed by atoms with E-state index in [0.29, 0.717) is 32.7 Å². The van der Waals surface area contributed by atoms with Crippen LogP contribution in [0.15, 0.2) is 0 Å². The second-order valence-corrected chi connectivity index (χ2v) is 13.8. The van der Waals surface area contributed by atoms with Gasteiger partial charge in [0.2, 0.25) is 5.91 Å². The van der Waals surface area contributed by atoms with E-state index < -0.39 is 24.1 Å². The first-order valence-electron chi connectivity index (χ1n) is 20.3. The monoisotopic (exact) mass is 700 g/mol. The van der Waals surface area contributed by atoms with Crippen molar-refractivity contribution in [3.8, 4) is 0 Å². The maximum absolute atomic E-state index is 12.9. The highest BCUT2D eigenvalue weighted by molar-refractivity contribution is 5.85. The molecule has 0 aromatic heterocycles. The fourth-order valence-electron chi connectivity index (χ4n) is 6.04. The van der Waals surface area contributed by atoms with Gasteiger partial charge in [0, 0.05) is 26.3 Å². The van der Waals surface area contributed by atoms with Gasteiger partial charge in [0.15, 0.2) is 0 Å². The highest BCUT2D eigenvalue weighted by Crippen LogP contribution is 2.14. The lowest BCUT2D eigenvalue weighted by Crippen LogP contribution is -2.48. The minimum absolute atomic E-state index is 0.244. The van der Waals surface area contributed by atoms with Crippen molar-refractivity contribution in [1.82, 2.24) is 16.0 Å². The van der Waals surface area contributed by atoms with E-state index in [1.54, 1.807) is 0 Å². The molecule has 0 saturated carbocycles. The molecule has 0 heterocycles. The smallest absolute Gasteiger partial charge is 0.405 e. The third kappa shape index (κ3) is 35.6. The Kier molecular flexibility index (Phi) is 35.6. The van der Waals surface area contributed by atoms with Gasteiger partial charge in [-0.1, -0.05) is 155 Å². The molecule has 0 aliphatic heterocycles. The number of carbonyl (C=O) groups is 3. The summed E-state index contributed by atoms with van der Waals surface area (Å²) in [6.45, 7) is 6.66. The van der Waals surface area contributed by atoms with E-state index in [4.69, 9.17) is 14.6 Å². The van der Waals surface area contributed by atoms with E-state index >= 15 is 0 Å². The molecule has 0 fully saturated rings. The van der Waals surface area contributed by atoms with Crippen molar-refractivity contribution in [2.45, 2.75) is 199 Å². The number of hydrogen-bond acceptors (Lipinski definition) is 5. The summed E-state index contributed by atoms with van der Waals surface area (Å²) in [4.78, 5) is 34.9. The molecule has 290 valence electrons. The van der Waals surface area contributed by atoms with Gasteiger partial charge in [-0.3, -0.25) is 4.79 Å². The van der Waals surface area contributed by atoms with Crippen molar-refractivity contribution < 1.29 is 34.1 Å². The van der Waals surface area contributed by atoms with Gasteiger partial charge < -0.3 is 35.6 Å². The molecule has 49 heavy (non-hydrogen) atoms. The third-order valence-corrected chi connectivity index (χ3v) is 9.11. The average molecular weight is 700 g/mol. The van der Waals surface area contributed by atoms with E-state index in [1.165, 1.54) is 128 Å². The Morgan fingerprint density at radius 3 is 1.43 bits per heavy atom. The zero-order valence-electron chi connectivity index (χ0n) is 31.7. The Morgan fingerprint density at radius 2 is 0.980 bits per heavy atom. The fraction of sp³-hybridized carbons (Fsp3) is 0.923. The Labute approximate surface area is 300 Å². The summed E-state index contributed by atoms with van der Waals surface area (Å²) >= 11 is 0. The van der Waals surface area contributed by atoms with Gasteiger partial charge in [0.05, 0.1) is 12.7 Å². The van der Waals surface area contributed by atoms with Gasteiger partial charge in [-0.25, -0.2) is 9.59 Å². The summed E-state index contributed by atoms with van der Waals surface area (Å²) < 4.78 is 12.1. The van der Waals surface area contributed by atoms with E-state index in [2.05, 4.69) is 29.8 Å². The average Bonchev–Trinajstić information content (AvgIpc) is 3.07. The van der Waals surface area contributed by atoms with Crippen LogP contribution in [-0.4, -0.2) is 73.4 Å². The fourth-order valence-corrected chi connectivity index (χ4v) is 6.04. The number of carbonyl (C=O) groups excluding carboxylic acids is 1. The molecular formula is C39H77N3O7. The summed E-state index contributed by atoms with van der Waals surface area (Å²) in [7, 11) is 0. The number of hydrogen-bond donors (Lipinski definition) is 5. The van der Waals surface area contributed by atoms with Gasteiger partial charge in [-0.15, -0.1) is 0 Å². The van der Waals surface area contributed by atoms with E-state index in [1.807, 2.05) is 0 Å². The molecule has 10 heteroatoms. The highest BCUT2D eigenvalue weighted by atomic mass is 16.5. The Bertz CT molecular complexity index is 756. The first kappa shape index (κ1) is 46.9. The van der Waals surface area contributed by atoms with Crippen LogP contribution in [0.5, 0.6) is 0 Å². The molecule has 0 saturated heterocycles. The summed E-state index contributed by atoms with van der Waals surface area (Å²) in [5, 5.41) is 25.4. The number of carboxylic acid groups (broad SMARTS) is 2. The molecule has 0 aromatic carbocycles. The van der Waals surface area contributed by atoms with Crippen LogP contribution in [0.2, 0.25) is 0 Å². The van der Waals surface area contributed by atoms with Crippen molar-refractivity contribution in [2.24, 2.45) is 0 Å². The lowest BCUT2D eigenvalue weighted by Gasteiger charge is -2.21. The predicted molar refractivity (Wildman–Crippen MR) is 201 cm³/mol. The number of ether oxygens (including phenoxy) is 2. The maximum atomic E-state index is 12.9. The second kappa shape index (κ2) is 37.2. The van der Waals surface area contributed by atoms with E-state index in [-0.39, 0.29) is 25.6 Å². The van der Waals surface area contributed by atoms with E-state index in [9.17, 15) is 19.5 Å². The van der Waals surface area contributed by atoms with Crippen LogP contribution < -0.4 is 16.0 Å². The summed E-state index contributed by atoms with van der Waals surface area (Å²) in [5.41, 5.74) is 0. The minimum Gasteiger partial charge on any atom is -0.465 e. The molecule has 0 aliphatic rings. The Balaban J connectivity index is 4.44. The Hall–Kier alpha value is -2.07. The molecule has 2 unspecified atom stereocenters. The molecule has 0 aliphatic carbocycles. The van der Waals surface area contributed by atoms with Crippen LogP contribution in [0.1, 0.15) is 187 Å². The number of amides is 3. The lowest BCUT2D eigenvalue weighted by atomic mass is 10.1. The first-order chi connectivity index (χ1) is 23.9. The quantitative estimate of drug-likeness (QED) is 0.0403. The van der Waals surface area contributed by atoms with Crippen LogP contribution in [0.4, 0.5) is 9.59 Å².